The van der Waals surface area contributed by atoms with Crippen molar-refractivity contribution in [1.82, 2.24) is 19.4 Å². The smallest absolute Gasteiger partial charge is 0.261 e. The average molecular weight is 463 g/mol. The molecule has 0 spiro atoms. The quantitative estimate of drug-likeness (QED) is 0.372. The van der Waals surface area contributed by atoms with Crippen molar-refractivity contribution in [2.45, 2.75) is 31.9 Å². The maximum absolute atomic E-state index is 13.6. The van der Waals surface area contributed by atoms with Gasteiger partial charge in [-0.1, -0.05) is 41.9 Å². The van der Waals surface area contributed by atoms with Crippen molar-refractivity contribution in [3.8, 4) is 0 Å². The van der Waals surface area contributed by atoms with Crippen LogP contribution in [-0.2, 0) is 11.2 Å². The molecule has 2 aromatic carbocycles. The van der Waals surface area contributed by atoms with Crippen LogP contribution in [0.1, 0.15) is 30.5 Å². The highest BCUT2D eigenvalue weighted by Gasteiger charge is 2.31. The van der Waals surface area contributed by atoms with Crippen LogP contribution >= 0.6 is 11.6 Å². The molecule has 1 aliphatic rings. The molecule has 33 heavy (non-hydrogen) atoms. The first-order valence-corrected chi connectivity index (χ1v) is 11.3. The monoisotopic (exact) mass is 462 g/mol. The summed E-state index contributed by atoms with van der Waals surface area (Å²) >= 11 is 5.93. The lowest BCUT2D eigenvalue weighted by Gasteiger charge is -2.36. The molecule has 2 aromatic heterocycles. The number of fused-ring (bicyclic) bond motifs is 3. The minimum atomic E-state index is -0.834. The van der Waals surface area contributed by atoms with Crippen LogP contribution in [0, 0.1) is 0 Å². The molecule has 1 amide bonds. The van der Waals surface area contributed by atoms with Crippen LogP contribution < -0.4 is 5.56 Å². The molecule has 1 fully saturated rings. The van der Waals surface area contributed by atoms with Gasteiger partial charge in [0.05, 0.1) is 29.4 Å². The molecule has 1 saturated heterocycles. The van der Waals surface area contributed by atoms with E-state index in [9.17, 15) is 14.7 Å². The molecule has 5 rings (SSSR count). The second kappa shape index (κ2) is 8.57. The van der Waals surface area contributed by atoms with Crippen molar-refractivity contribution >= 4 is 39.2 Å². The first-order valence-electron chi connectivity index (χ1n) is 10.9. The first-order chi connectivity index (χ1) is 15.9. The number of aliphatic hydroxyl groups is 1. The van der Waals surface area contributed by atoms with Crippen molar-refractivity contribution < 1.29 is 9.90 Å². The Morgan fingerprint density at radius 1 is 1.15 bits per heavy atom. The van der Waals surface area contributed by atoms with Gasteiger partial charge in [-0.3, -0.25) is 14.2 Å². The van der Waals surface area contributed by atoms with Crippen LogP contribution in [0.5, 0.6) is 0 Å². The molecular weight excluding hydrogens is 440 g/mol. The van der Waals surface area contributed by atoms with Crippen molar-refractivity contribution in [2.75, 3.05) is 13.1 Å². The topological polar surface area (TPSA) is 88.3 Å². The molecule has 2 atom stereocenters. The van der Waals surface area contributed by atoms with Gasteiger partial charge in [0.15, 0.2) is 0 Å². The lowest BCUT2D eigenvalue weighted by atomic mass is 9.96. The van der Waals surface area contributed by atoms with Crippen LogP contribution in [0.25, 0.3) is 21.7 Å². The fraction of sp³-hybridized carbons (Fsp3) is 0.280. The van der Waals surface area contributed by atoms with E-state index in [2.05, 4.69) is 9.97 Å². The number of benzene rings is 2. The SMILES string of the molecule is CC(=O)N1CC[C@@H](n2cnc3c(cc(Cc4ccc(Cl)nc4)c4ccccc43)c2=O)[C@@H](O)C1. The van der Waals surface area contributed by atoms with Crippen LogP contribution in [0.4, 0.5) is 0 Å². The fourth-order valence-corrected chi connectivity index (χ4v) is 4.80. The normalized spacial score (nSPS) is 18.7. The van der Waals surface area contributed by atoms with Gasteiger partial charge in [0.1, 0.15) is 5.15 Å². The van der Waals surface area contributed by atoms with E-state index in [4.69, 9.17) is 11.6 Å². The number of rotatable bonds is 3. The zero-order valence-corrected chi connectivity index (χ0v) is 18.9. The summed E-state index contributed by atoms with van der Waals surface area (Å²) in [4.78, 5) is 35.7. The predicted molar refractivity (Wildman–Crippen MR) is 127 cm³/mol. The van der Waals surface area contributed by atoms with E-state index >= 15 is 0 Å². The number of aromatic nitrogens is 3. The largest absolute Gasteiger partial charge is 0.389 e. The van der Waals surface area contributed by atoms with E-state index < -0.39 is 12.1 Å². The van der Waals surface area contributed by atoms with Gasteiger partial charge in [-0.25, -0.2) is 9.97 Å². The third-order valence-corrected chi connectivity index (χ3v) is 6.63. The van der Waals surface area contributed by atoms with Gasteiger partial charge in [0, 0.05) is 31.6 Å². The zero-order chi connectivity index (χ0) is 23.1. The van der Waals surface area contributed by atoms with Gasteiger partial charge in [-0.15, -0.1) is 0 Å². The summed E-state index contributed by atoms with van der Waals surface area (Å²) in [5, 5.41) is 13.6. The molecule has 0 aliphatic carbocycles. The molecule has 0 saturated carbocycles. The second-order valence-electron chi connectivity index (χ2n) is 8.49. The highest BCUT2D eigenvalue weighted by atomic mass is 35.5. The third kappa shape index (κ3) is 3.98. The number of piperidine rings is 1. The number of carbonyl (C=O) groups is 1. The summed E-state index contributed by atoms with van der Waals surface area (Å²) in [5.74, 6) is -0.0794. The molecule has 1 N–H and O–H groups in total. The maximum Gasteiger partial charge on any atom is 0.261 e. The number of likely N-dealkylation sites (tertiary alicyclic amines) is 1. The predicted octanol–water partition coefficient (Wildman–Crippen LogP) is 3.34. The number of carbonyl (C=O) groups excluding carboxylic acids is 1. The summed E-state index contributed by atoms with van der Waals surface area (Å²) in [6, 6.07) is 13.1. The minimum absolute atomic E-state index is 0.0794. The Hall–Kier alpha value is -3.29. The van der Waals surface area contributed by atoms with E-state index in [1.54, 1.807) is 17.2 Å². The summed E-state index contributed by atoms with van der Waals surface area (Å²) in [6.45, 7) is 2.19. The summed E-state index contributed by atoms with van der Waals surface area (Å²) in [5.41, 5.74) is 2.42. The zero-order valence-electron chi connectivity index (χ0n) is 18.1. The van der Waals surface area contributed by atoms with Gasteiger partial charge < -0.3 is 10.0 Å². The Balaban J connectivity index is 1.62. The van der Waals surface area contributed by atoms with Crippen molar-refractivity contribution in [3.05, 3.63) is 81.6 Å². The Morgan fingerprint density at radius 3 is 2.64 bits per heavy atom. The third-order valence-electron chi connectivity index (χ3n) is 6.41. The number of aliphatic hydroxyl groups excluding tert-OH is 1. The van der Waals surface area contributed by atoms with Gasteiger partial charge >= 0.3 is 0 Å². The van der Waals surface area contributed by atoms with E-state index in [-0.39, 0.29) is 18.0 Å². The molecule has 8 heteroatoms. The Bertz CT molecular complexity index is 1420. The van der Waals surface area contributed by atoms with Gasteiger partial charge in [0.2, 0.25) is 5.91 Å². The van der Waals surface area contributed by atoms with Crippen LogP contribution in [0.2, 0.25) is 5.15 Å². The lowest BCUT2D eigenvalue weighted by molar-refractivity contribution is -0.133. The molecule has 7 nitrogen and oxygen atoms in total. The molecule has 0 radical (unpaired) electrons. The fourth-order valence-electron chi connectivity index (χ4n) is 4.69. The Morgan fingerprint density at radius 2 is 1.94 bits per heavy atom. The second-order valence-corrected chi connectivity index (χ2v) is 8.88. The molecule has 0 unspecified atom stereocenters. The molecule has 3 heterocycles. The van der Waals surface area contributed by atoms with E-state index in [0.29, 0.717) is 35.4 Å². The van der Waals surface area contributed by atoms with Crippen molar-refractivity contribution in [1.29, 1.82) is 0 Å². The van der Waals surface area contributed by atoms with Crippen molar-refractivity contribution in [3.63, 3.8) is 0 Å². The number of hydrogen-bond donors (Lipinski definition) is 1. The number of pyridine rings is 1. The van der Waals surface area contributed by atoms with Crippen molar-refractivity contribution in [2.24, 2.45) is 0 Å². The summed E-state index contributed by atoms with van der Waals surface area (Å²) in [7, 11) is 0. The summed E-state index contributed by atoms with van der Waals surface area (Å²) in [6.07, 6.45) is 3.51. The molecule has 0 bridgehead atoms. The number of hydrogen-bond acceptors (Lipinski definition) is 5. The van der Waals surface area contributed by atoms with Crippen LogP contribution in [0.15, 0.2) is 59.8 Å². The highest BCUT2D eigenvalue weighted by Crippen LogP contribution is 2.29. The Labute approximate surface area is 195 Å². The van der Waals surface area contributed by atoms with E-state index in [1.165, 1.54) is 17.8 Å². The van der Waals surface area contributed by atoms with Gasteiger partial charge in [-0.2, -0.15) is 0 Å². The number of β-amino-alcohol motifs (C(OH)–C–C–N with tert-alkyl or cyclic N) is 1. The maximum atomic E-state index is 13.6. The minimum Gasteiger partial charge on any atom is -0.389 e. The van der Waals surface area contributed by atoms with E-state index in [1.807, 2.05) is 36.4 Å². The standard InChI is InChI=1S/C25H23ClN4O3/c1-15(31)29-9-8-21(22(32)13-29)30-14-28-24-19-5-3-2-4-18(19)17(11-20(24)25(30)33)10-16-6-7-23(26)27-12-16/h2-7,11-12,14,21-22,32H,8-10,13H2,1H3/t21-,22+/m1/s1. The molecule has 1 aliphatic heterocycles. The highest BCUT2D eigenvalue weighted by molar-refractivity contribution is 6.29. The number of halogens is 1. The van der Waals surface area contributed by atoms with Gasteiger partial charge in [0.25, 0.3) is 5.56 Å². The summed E-state index contributed by atoms with van der Waals surface area (Å²) < 4.78 is 1.52. The molecule has 4 aromatic rings. The number of nitrogens with zero attached hydrogens (tertiary/aromatic N) is 4. The Kier molecular flexibility index (Phi) is 5.60. The van der Waals surface area contributed by atoms with Crippen LogP contribution in [0.3, 0.4) is 0 Å². The lowest BCUT2D eigenvalue weighted by Crippen LogP contribution is -2.48. The van der Waals surface area contributed by atoms with E-state index in [0.717, 1.165) is 21.9 Å². The molecule has 168 valence electrons. The van der Waals surface area contributed by atoms with Gasteiger partial charge in [-0.05, 0) is 41.5 Å². The number of amides is 1. The average Bonchev–Trinajstić information content (AvgIpc) is 2.81. The first kappa shape index (κ1) is 21.6. The van der Waals surface area contributed by atoms with Crippen LogP contribution in [-0.4, -0.2) is 49.6 Å². The molecular formula is C25H23ClN4O3.